The van der Waals surface area contributed by atoms with Gasteiger partial charge < -0.3 is 4.74 Å². The third-order valence-electron chi connectivity index (χ3n) is 2.17. The highest BCUT2D eigenvalue weighted by Crippen LogP contribution is 2.23. The molecule has 0 saturated carbocycles. The Morgan fingerprint density at radius 1 is 1.53 bits per heavy atom. The Bertz CT molecular complexity index is 311. The van der Waals surface area contributed by atoms with Gasteiger partial charge in [0.15, 0.2) is 0 Å². The van der Waals surface area contributed by atoms with E-state index in [1.807, 2.05) is 0 Å². The van der Waals surface area contributed by atoms with Gasteiger partial charge in [0.2, 0.25) is 0 Å². The summed E-state index contributed by atoms with van der Waals surface area (Å²) >= 11 is -1.71. The maximum atomic E-state index is 11.9. The molecule has 1 amide bonds. The predicted molar refractivity (Wildman–Crippen MR) is 65.4 cm³/mol. The van der Waals surface area contributed by atoms with Crippen LogP contribution in [0.3, 0.4) is 0 Å². The second-order valence-corrected chi connectivity index (χ2v) is 6.65. The summed E-state index contributed by atoms with van der Waals surface area (Å²) in [6.07, 6.45) is 0.185. The number of carbonyl (C=O) groups is 1. The standard InChI is InChI=1S/C11H21NO4S/c1-8(2)6-9-7-15-17(14)12(9)10(13)16-11(3,4)5/h8-9H,6-7H2,1-5H3. The maximum absolute atomic E-state index is 11.9. The van der Waals surface area contributed by atoms with Crippen LogP contribution in [0, 0.1) is 5.92 Å². The molecule has 2 atom stereocenters. The number of ether oxygens (including phenoxy) is 1. The van der Waals surface area contributed by atoms with E-state index >= 15 is 0 Å². The van der Waals surface area contributed by atoms with Crippen molar-refractivity contribution >= 4 is 17.4 Å². The van der Waals surface area contributed by atoms with Gasteiger partial charge in [-0.05, 0) is 33.1 Å². The molecule has 2 unspecified atom stereocenters. The van der Waals surface area contributed by atoms with Crippen LogP contribution in [0.15, 0.2) is 0 Å². The minimum atomic E-state index is -1.71. The van der Waals surface area contributed by atoms with E-state index in [1.54, 1.807) is 20.8 Å². The molecule has 5 nitrogen and oxygen atoms in total. The minimum absolute atomic E-state index is 0.161. The molecule has 1 saturated heterocycles. The Morgan fingerprint density at radius 2 is 2.12 bits per heavy atom. The number of rotatable bonds is 2. The van der Waals surface area contributed by atoms with Crippen molar-refractivity contribution < 1.29 is 17.9 Å². The fraction of sp³-hybridized carbons (Fsp3) is 0.909. The van der Waals surface area contributed by atoms with Crippen LogP contribution in [-0.2, 0) is 20.2 Å². The third kappa shape index (κ3) is 4.27. The normalized spacial score (nSPS) is 25.4. The van der Waals surface area contributed by atoms with Gasteiger partial charge in [-0.25, -0.2) is 9.00 Å². The van der Waals surface area contributed by atoms with E-state index in [9.17, 15) is 9.00 Å². The zero-order valence-electron chi connectivity index (χ0n) is 11.1. The highest BCUT2D eigenvalue weighted by atomic mass is 32.2. The van der Waals surface area contributed by atoms with Gasteiger partial charge in [-0.15, -0.1) is 0 Å². The van der Waals surface area contributed by atoms with Crippen molar-refractivity contribution in [3.05, 3.63) is 0 Å². The Balaban J connectivity index is 2.71. The van der Waals surface area contributed by atoms with Crippen LogP contribution < -0.4 is 0 Å². The van der Waals surface area contributed by atoms with Crippen LogP contribution in [-0.4, -0.2) is 32.9 Å². The molecule has 0 aromatic carbocycles. The van der Waals surface area contributed by atoms with Crippen molar-refractivity contribution in [1.29, 1.82) is 0 Å². The van der Waals surface area contributed by atoms with Crippen molar-refractivity contribution in [1.82, 2.24) is 4.31 Å². The van der Waals surface area contributed by atoms with Crippen molar-refractivity contribution in [2.75, 3.05) is 6.61 Å². The average molecular weight is 263 g/mol. The van der Waals surface area contributed by atoms with Crippen molar-refractivity contribution in [2.45, 2.75) is 52.7 Å². The first-order valence-corrected chi connectivity index (χ1v) is 6.81. The van der Waals surface area contributed by atoms with E-state index in [-0.39, 0.29) is 6.04 Å². The van der Waals surface area contributed by atoms with Crippen molar-refractivity contribution in [3.8, 4) is 0 Å². The lowest BCUT2D eigenvalue weighted by molar-refractivity contribution is 0.0352. The van der Waals surface area contributed by atoms with E-state index in [1.165, 1.54) is 4.31 Å². The Morgan fingerprint density at radius 3 is 2.59 bits per heavy atom. The first-order chi connectivity index (χ1) is 7.70. The van der Waals surface area contributed by atoms with Crippen molar-refractivity contribution in [3.63, 3.8) is 0 Å². The van der Waals surface area contributed by atoms with Gasteiger partial charge in [-0.1, -0.05) is 13.8 Å². The molecule has 0 bridgehead atoms. The molecule has 1 heterocycles. The zero-order chi connectivity index (χ0) is 13.2. The quantitative estimate of drug-likeness (QED) is 0.766. The Labute approximate surface area is 105 Å². The summed E-state index contributed by atoms with van der Waals surface area (Å²) in [4.78, 5) is 11.9. The second-order valence-electron chi connectivity index (χ2n) is 5.59. The number of hydrogen-bond acceptors (Lipinski definition) is 4. The number of nitrogens with zero attached hydrogens (tertiary/aromatic N) is 1. The first-order valence-electron chi connectivity index (χ1n) is 5.78. The molecule has 1 fully saturated rings. The average Bonchev–Trinajstić information content (AvgIpc) is 2.42. The fourth-order valence-electron chi connectivity index (χ4n) is 1.61. The van der Waals surface area contributed by atoms with Crippen molar-refractivity contribution in [2.24, 2.45) is 5.92 Å². The largest absolute Gasteiger partial charge is 0.443 e. The van der Waals surface area contributed by atoms with Crippen LogP contribution in [0.2, 0.25) is 0 Å². The molecule has 6 heteroatoms. The summed E-state index contributed by atoms with van der Waals surface area (Å²) in [6.45, 7) is 9.75. The lowest BCUT2D eigenvalue weighted by Crippen LogP contribution is -2.41. The smallest absolute Gasteiger partial charge is 0.424 e. The van der Waals surface area contributed by atoms with Gasteiger partial charge >= 0.3 is 6.09 Å². The Hall–Kier alpha value is -0.620. The van der Waals surface area contributed by atoms with Crippen LogP contribution in [0.5, 0.6) is 0 Å². The van der Waals surface area contributed by atoms with Gasteiger partial charge in [0, 0.05) is 0 Å². The van der Waals surface area contributed by atoms with E-state index in [4.69, 9.17) is 8.92 Å². The third-order valence-corrected chi connectivity index (χ3v) is 3.28. The van der Waals surface area contributed by atoms with Crippen LogP contribution in [0.1, 0.15) is 41.0 Å². The van der Waals surface area contributed by atoms with Crippen LogP contribution in [0.25, 0.3) is 0 Å². The Kier molecular flexibility index (Phi) is 4.55. The number of carbonyl (C=O) groups excluding carboxylic acids is 1. The highest BCUT2D eigenvalue weighted by Gasteiger charge is 2.39. The predicted octanol–water partition coefficient (Wildman–Crippen LogP) is 2.25. The SMILES string of the molecule is CC(C)CC1COS(=O)N1C(=O)OC(C)(C)C. The van der Waals surface area contributed by atoms with Crippen LogP contribution >= 0.6 is 0 Å². The molecule has 0 spiro atoms. The summed E-state index contributed by atoms with van der Waals surface area (Å²) in [5, 5.41) is 0. The van der Waals surface area contributed by atoms with E-state index in [0.29, 0.717) is 12.5 Å². The second kappa shape index (κ2) is 5.35. The topological polar surface area (TPSA) is 55.8 Å². The minimum Gasteiger partial charge on any atom is -0.443 e. The van der Waals surface area contributed by atoms with Gasteiger partial charge in [0.25, 0.3) is 11.3 Å². The van der Waals surface area contributed by atoms with Gasteiger partial charge in [-0.3, -0.25) is 4.18 Å². The highest BCUT2D eigenvalue weighted by molar-refractivity contribution is 7.78. The van der Waals surface area contributed by atoms with E-state index < -0.39 is 23.0 Å². The molecular formula is C11H21NO4S. The lowest BCUT2D eigenvalue weighted by atomic mass is 10.0. The molecule has 0 radical (unpaired) electrons. The van der Waals surface area contributed by atoms with E-state index in [0.717, 1.165) is 6.42 Å². The molecule has 0 N–H and O–H groups in total. The molecule has 0 aromatic rings. The summed E-state index contributed by atoms with van der Waals surface area (Å²) in [6, 6.07) is -0.161. The molecule has 17 heavy (non-hydrogen) atoms. The van der Waals surface area contributed by atoms with Crippen LogP contribution in [0.4, 0.5) is 4.79 Å². The van der Waals surface area contributed by atoms with Gasteiger partial charge in [-0.2, -0.15) is 4.31 Å². The molecule has 1 aliphatic rings. The molecule has 1 rings (SSSR count). The monoisotopic (exact) mass is 263 g/mol. The summed E-state index contributed by atoms with van der Waals surface area (Å²) in [7, 11) is 0. The molecule has 0 aliphatic carbocycles. The first kappa shape index (κ1) is 14.4. The van der Waals surface area contributed by atoms with Gasteiger partial charge in [0.1, 0.15) is 5.60 Å². The molecular weight excluding hydrogens is 242 g/mol. The lowest BCUT2D eigenvalue weighted by Gasteiger charge is -2.26. The fourth-order valence-corrected chi connectivity index (χ4v) is 2.54. The molecule has 0 aromatic heterocycles. The molecule has 1 aliphatic heterocycles. The maximum Gasteiger partial charge on any atom is 0.424 e. The summed E-state index contributed by atoms with van der Waals surface area (Å²) < 4.78 is 23.0. The van der Waals surface area contributed by atoms with Gasteiger partial charge in [0.05, 0.1) is 12.6 Å². The number of hydrogen-bond donors (Lipinski definition) is 0. The summed E-state index contributed by atoms with van der Waals surface area (Å²) in [5.41, 5.74) is -0.591. The summed E-state index contributed by atoms with van der Waals surface area (Å²) in [5.74, 6) is 0.406. The zero-order valence-corrected chi connectivity index (χ0v) is 11.9. The molecule has 100 valence electrons. The van der Waals surface area contributed by atoms with E-state index in [2.05, 4.69) is 13.8 Å². The number of amides is 1.